The summed E-state index contributed by atoms with van der Waals surface area (Å²) < 4.78 is 1.54. The van der Waals surface area contributed by atoms with E-state index in [4.69, 9.17) is 0 Å². The molecule has 0 amide bonds. The Hall–Kier alpha value is -1.44. The first-order valence-electron chi connectivity index (χ1n) is 7.53. The van der Waals surface area contributed by atoms with E-state index >= 15 is 0 Å². The van der Waals surface area contributed by atoms with Gasteiger partial charge in [-0.3, -0.25) is 4.90 Å². The van der Waals surface area contributed by atoms with Gasteiger partial charge in [0.05, 0.1) is 10.9 Å². The van der Waals surface area contributed by atoms with Crippen molar-refractivity contribution in [3.63, 3.8) is 0 Å². The Labute approximate surface area is 136 Å². The highest BCUT2D eigenvalue weighted by molar-refractivity contribution is 7.17. The van der Waals surface area contributed by atoms with Gasteiger partial charge in [-0.1, -0.05) is 24.3 Å². The fourth-order valence-corrected chi connectivity index (χ4v) is 5.28. The van der Waals surface area contributed by atoms with Crippen LogP contribution >= 0.6 is 22.7 Å². The van der Waals surface area contributed by atoms with Crippen molar-refractivity contribution in [1.82, 2.24) is 19.5 Å². The number of piperidine rings is 1. The summed E-state index contributed by atoms with van der Waals surface area (Å²) >= 11 is 3.28. The van der Waals surface area contributed by atoms with Gasteiger partial charge in [0.2, 0.25) is 10.8 Å². The van der Waals surface area contributed by atoms with E-state index in [0.29, 0.717) is 5.92 Å². The lowest BCUT2D eigenvalue weighted by atomic mass is 9.98. The summed E-state index contributed by atoms with van der Waals surface area (Å²) in [6, 6.07) is 4.34. The summed E-state index contributed by atoms with van der Waals surface area (Å²) in [6.45, 7) is 4.44. The van der Waals surface area contributed by atoms with Gasteiger partial charge in [-0.05, 0) is 36.8 Å². The second-order valence-electron chi connectivity index (χ2n) is 5.90. The number of likely N-dealkylation sites (tertiary alicyclic amines) is 1. The number of nitrogens with zero attached hydrogens (tertiary/aromatic N) is 4. The van der Waals surface area contributed by atoms with Gasteiger partial charge in [-0.15, -0.1) is 11.3 Å². The first-order chi connectivity index (χ1) is 10.7. The molecule has 22 heavy (non-hydrogen) atoms. The quantitative estimate of drug-likeness (QED) is 0.798. The molecular formula is C15H18N4OS2. The number of rotatable bonds is 3. The maximum atomic E-state index is 10.6. The molecule has 0 bridgehead atoms. The molecule has 0 radical (unpaired) electrons. The zero-order valence-electron chi connectivity index (χ0n) is 12.3. The van der Waals surface area contributed by atoms with E-state index in [9.17, 15) is 5.11 Å². The zero-order chi connectivity index (χ0) is 15.1. The molecule has 0 aliphatic carbocycles. The molecule has 116 valence electrons. The molecule has 1 saturated heterocycles. The first-order valence-corrected chi connectivity index (χ1v) is 9.22. The summed E-state index contributed by atoms with van der Waals surface area (Å²) in [5.41, 5.74) is 0. The van der Waals surface area contributed by atoms with Crippen LogP contribution in [0.2, 0.25) is 0 Å². The van der Waals surface area contributed by atoms with Gasteiger partial charge in [-0.2, -0.15) is 9.61 Å². The second-order valence-corrected chi connectivity index (χ2v) is 7.89. The number of hydrogen-bond acceptors (Lipinski definition) is 6. The third-order valence-corrected chi connectivity index (χ3v) is 6.26. The number of fused-ring (bicyclic) bond motifs is 1. The van der Waals surface area contributed by atoms with Crippen LogP contribution in [0.15, 0.2) is 23.8 Å². The molecule has 7 heteroatoms. The number of aromatic nitrogens is 3. The summed E-state index contributed by atoms with van der Waals surface area (Å²) in [5, 5.41) is 16.8. The molecule has 2 atom stereocenters. The normalized spacial score (nSPS) is 21.4. The molecule has 4 heterocycles. The van der Waals surface area contributed by atoms with Crippen molar-refractivity contribution in [2.24, 2.45) is 5.92 Å². The average Bonchev–Trinajstić information content (AvgIpc) is 3.21. The van der Waals surface area contributed by atoms with E-state index in [2.05, 4.69) is 39.4 Å². The van der Waals surface area contributed by atoms with Crippen LogP contribution in [0.5, 0.6) is 5.88 Å². The SMILES string of the molecule is C[C@@H]1CCCN([C@@H](c2cccs2)c2sc3ncnn3c2O)C1. The van der Waals surface area contributed by atoms with Crippen molar-refractivity contribution in [3.8, 4) is 5.88 Å². The Morgan fingerprint density at radius 3 is 3.09 bits per heavy atom. The number of aromatic hydroxyl groups is 1. The summed E-state index contributed by atoms with van der Waals surface area (Å²) in [4.78, 5) is 9.68. The molecule has 0 spiro atoms. The van der Waals surface area contributed by atoms with Crippen LogP contribution in [-0.2, 0) is 0 Å². The van der Waals surface area contributed by atoms with E-state index in [1.165, 1.54) is 39.9 Å². The highest BCUT2D eigenvalue weighted by Gasteiger charge is 2.32. The molecule has 1 aliphatic heterocycles. The van der Waals surface area contributed by atoms with Crippen molar-refractivity contribution in [2.45, 2.75) is 25.8 Å². The molecular weight excluding hydrogens is 316 g/mol. The average molecular weight is 334 g/mol. The lowest BCUT2D eigenvalue weighted by Gasteiger charge is -2.36. The van der Waals surface area contributed by atoms with Gasteiger partial charge >= 0.3 is 0 Å². The molecule has 1 fully saturated rings. The van der Waals surface area contributed by atoms with E-state index < -0.39 is 0 Å². The van der Waals surface area contributed by atoms with Crippen molar-refractivity contribution in [2.75, 3.05) is 13.1 Å². The molecule has 0 aromatic carbocycles. The fourth-order valence-electron chi connectivity index (χ4n) is 3.25. The molecule has 0 unspecified atom stereocenters. The highest BCUT2D eigenvalue weighted by atomic mass is 32.1. The zero-order valence-corrected chi connectivity index (χ0v) is 14.0. The minimum Gasteiger partial charge on any atom is -0.492 e. The van der Waals surface area contributed by atoms with Crippen LogP contribution in [0.25, 0.3) is 4.96 Å². The highest BCUT2D eigenvalue weighted by Crippen LogP contribution is 2.42. The van der Waals surface area contributed by atoms with Gasteiger partial charge in [0, 0.05) is 11.4 Å². The van der Waals surface area contributed by atoms with Crippen LogP contribution in [0.4, 0.5) is 0 Å². The lowest BCUT2D eigenvalue weighted by Crippen LogP contribution is -2.37. The molecule has 3 aromatic heterocycles. The molecule has 1 aliphatic rings. The van der Waals surface area contributed by atoms with Crippen LogP contribution in [-0.4, -0.2) is 37.7 Å². The minimum absolute atomic E-state index is 0.108. The van der Waals surface area contributed by atoms with E-state index in [1.54, 1.807) is 11.3 Å². The second kappa shape index (κ2) is 5.64. The van der Waals surface area contributed by atoms with E-state index in [1.807, 2.05) is 0 Å². The van der Waals surface area contributed by atoms with Gasteiger partial charge in [0.1, 0.15) is 6.33 Å². The molecule has 3 aromatic rings. The summed E-state index contributed by atoms with van der Waals surface area (Å²) in [7, 11) is 0. The van der Waals surface area contributed by atoms with Gasteiger partial charge in [-0.25, -0.2) is 4.98 Å². The topological polar surface area (TPSA) is 53.7 Å². The molecule has 1 N–H and O–H groups in total. The Morgan fingerprint density at radius 1 is 1.45 bits per heavy atom. The summed E-state index contributed by atoms with van der Waals surface area (Å²) in [5.74, 6) is 0.926. The Kier molecular flexibility index (Phi) is 3.63. The predicted octanol–water partition coefficient (Wildman–Crippen LogP) is 3.38. The number of thiophene rings is 1. The van der Waals surface area contributed by atoms with Gasteiger partial charge in [0.15, 0.2) is 0 Å². The van der Waals surface area contributed by atoms with Gasteiger partial charge in [0.25, 0.3) is 0 Å². The van der Waals surface area contributed by atoms with Crippen LogP contribution in [0.1, 0.15) is 35.6 Å². The Bertz CT molecular complexity index is 764. The Morgan fingerprint density at radius 2 is 2.36 bits per heavy atom. The lowest BCUT2D eigenvalue weighted by molar-refractivity contribution is 0.150. The van der Waals surface area contributed by atoms with Crippen LogP contribution < -0.4 is 0 Å². The number of thiazole rings is 1. The van der Waals surface area contributed by atoms with Crippen molar-refractivity contribution < 1.29 is 5.11 Å². The molecule has 5 nitrogen and oxygen atoms in total. The van der Waals surface area contributed by atoms with Crippen LogP contribution in [0, 0.1) is 5.92 Å². The third-order valence-electron chi connectivity index (χ3n) is 4.25. The number of hydrogen-bond donors (Lipinski definition) is 1. The fraction of sp³-hybridized carbons (Fsp3) is 0.467. The van der Waals surface area contributed by atoms with Gasteiger partial charge < -0.3 is 5.11 Å². The summed E-state index contributed by atoms with van der Waals surface area (Å²) in [6.07, 6.45) is 3.98. The monoisotopic (exact) mass is 334 g/mol. The van der Waals surface area contributed by atoms with Crippen LogP contribution in [0.3, 0.4) is 0 Å². The smallest absolute Gasteiger partial charge is 0.230 e. The minimum atomic E-state index is 0.108. The molecule has 4 rings (SSSR count). The largest absolute Gasteiger partial charge is 0.492 e. The standard InChI is InChI=1S/C15H18N4OS2/c1-10-4-2-6-18(8-10)12(11-5-3-7-21-11)13-14(20)19-15(22-13)16-9-17-19/h3,5,7,9-10,12,20H,2,4,6,8H2,1H3/t10-,12+/m1/s1. The predicted molar refractivity (Wildman–Crippen MR) is 88.7 cm³/mol. The molecule has 0 saturated carbocycles. The van der Waals surface area contributed by atoms with Crippen molar-refractivity contribution >= 4 is 27.6 Å². The van der Waals surface area contributed by atoms with Crippen molar-refractivity contribution in [3.05, 3.63) is 33.6 Å². The third kappa shape index (κ3) is 2.33. The van der Waals surface area contributed by atoms with E-state index in [0.717, 1.165) is 22.9 Å². The first kappa shape index (κ1) is 14.2. The Balaban J connectivity index is 1.79. The van der Waals surface area contributed by atoms with E-state index in [-0.39, 0.29) is 11.9 Å². The maximum absolute atomic E-state index is 10.6. The maximum Gasteiger partial charge on any atom is 0.230 e. The van der Waals surface area contributed by atoms with Crippen molar-refractivity contribution in [1.29, 1.82) is 0 Å².